The second-order valence-electron chi connectivity index (χ2n) is 9.22. The van der Waals surface area contributed by atoms with E-state index >= 15 is 0 Å². The van der Waals surface area contributed by atoms with E-state index in [1.807, 2.05) is 6.07 Å². The van der Waals surface area contributed by atoms with Crippen LogP contribution in [0.2, 0.25) is 0 Å². The molecular formula is C22H29N3O3. The Morgan fingerprint density at radius 1 is 0.929 bits per heavy atom. The molecule has 5 rings (SSSR count). The molecule has 1 aromatic carbocycles. The second-order valence-corrected chi connectivity index (χ2v) is 9.22. The van der Waals surface area contributed by atoms with Crippen molar-refractivity contribution in [2.45, 2.75) is 44.9 Å². The summed E-state index contributed by atoms with van der Waals surface area (Å²) in [6.45, 7) is -0.106. The molecule has 0 atom stereocenters. The highest BCUT2D eigenvalue weighted by Gasteiger charge is 2.51. The number of hydrazine groups is 1. The van der Waals surface area contributed by atoms with Gasteiger partial charge < -0.3 is 4.90 Å². The van der Waals surface area contributed by atoms with Crippen molar-refractivity contribution in [3.05, 3.63) is 35.9 Å². The molecule has 6 heteroatoms. The molecule has 0 aliphatic heterocycles. The van der Waals surface area contributed by atoms with Crippen molar-refractivity contribution in [2.75, 3.05) is 13.6 Å². The third-order valence-corrected chi connectivity index (χ3v) is 6.79. The van der Waals surface area contributed by atoms with Gasteiger partial charge in [-0.25, -0.2) is 0 Å². The summed E-state index contributed by atoms with van der Waals surface area (Å²) in [6.07, 6.45) is 8.02. The highest BCUT2D eigenvalue weighted by Crippen LogP contribution is 2.61. The van der Waals surface area contributed by atoms with Crippen molar-refractivity contribution in [1.29, 1.82) is 0 Å². The smallest absolute Gasteiger partial charge is 0.257 e. The number of carbonyl (C=O) groups excluding carboxylic acids is 3. The summed E-state index contributed by atoms with van der Waals surface area (Å²) in [5.74, 6) is 1.65. The van der Waals surface area contributed by atoms with Gasteiger partial charge in [-0.05, 0) is 73.8 Å². The van der Waals surface area contributed by atoms with Gasteiger partial charge in [-0.3, -0.25) is 25.2 Å². The summed E-state index contributed by atoms with van der Waals surface area (Å²) in [5.41, 5.74) is 5.71. The van der Waals surface area contributed by atoms with Gasteiger partial charge in [-0.1, -0.05) is 18.2 Å². The minimum atomic E-state index is -0.398. The fourth-order valence-corrected chi connectivity index (χ4v) is 6.16. The minimum Gasteiger partial charge on any atom is -0.332 e. The van der Waals surface area contributed by atoms with Crippen LogP contribution in [0.5, 0.6) is 0 Å². The third-order valence-electron chi connectivity index (χ3n) is 6.79. The van der Waals surface area contributed by atoms with Crippen LogP contribution in [0.25, 0.3) is 0 Å². The third kappa shape index (κ3) is 4.05. The van der Waals surface area contributed by atoms with Crippen LogP contribution in [-0.2, 0) is 9.59 Å². The van der Waals surface area contributed by atoms with Gasteiger partial charge >= 0.3 is 0 Å². The molecule has 0 saturated heterocycles. The Kier molecular flexibility index (Phi) is 5.13. The van der Waals surface area contributed by atoms with Gasteiger partial charge in [0, 0.05) is 19.0 Å². The van der Waals surface area contributed by atoms with E-state index in [0.717, 1.165) is 37.0 Å². The summed E-state index contributed by atoms with van der Waals surface area (Å²) in [7, 11) is 1.58. The van der Waals surface area contributed by atoms with E-state index in [1.165, 1.54) is 24.2 Å². The zero-order valence-corrected chi connectivity index (χ0v) is 16.4. The number of amides is 3. The summed E-state index contributed by atoms with van der Waals surface area (Å²) in [5, 5.41) is 0. The summed E-state index contributed by atoms with van der Waals surface area (Å²) >= 11 is 0. The molecule has 4 aliphatic rings. The van der Waals surface area contributed by atoms with Crippen LogP contribution in [0, 0.1) is 23.2 Å². The average molecular weight is 383 g/mol. The second kappa shape index (κ2) is 7.57. The first-order valence-electron chi connectivity index (χ1n) is 10.3. The lowest BCUT2D eigenvalue weighted by Gasteiger charge is -2.56. The Morgan fingerprint density at radius 3 is 2.04 bits per heavy atom. The molecule has 4 saturated carbocycles. The van der Waals surface area contributed by atoms with Crippen LogP contribution in [0.1, 0.15) is 55.3 Å². The lowest BCUT2D eigenvalue weighted by molar-refractivity contribution is -0.134. The van der Waals surface area contributed by atoms with E-state index in [2.05, 4.69) is 10.9 Å². The lowest BCUT2D eigenvalue weighted by atomic mass is 9.49. The van der Waals surface area contributed by atoms with E-state index in [9.17, 15) is 14.4 Å². The van der Waals surface area contributed by atoms with Crippen LogP contribution in [0.15, 0.2) is 30.3 Å². The predicted molar refractivity (Wildman–Crippen MR) is 105 cm³/mol. The molecule has 4 aliphatic carbocycles. The van der Waals surface area contributed by atoms with Crippen molar-refractivity contribution < 1.29 is 14.4 Å². The summed E-state index contributed by atoms with van der Waals surface area (Å²) in [4.78, 5) is 38.2. The van der Waals surface area contributed by atoms with Gasteiger partial charge in [0.1, 0.15) is 6.54 Å². The summed E-state index contributed by atoms with van der Waals surface area (Å²) in [6, 6.07) is 8.83. The number of benzene rings is 1. The Hall–Kier alpha value is -2.37. The van der Waals surface area contributed by atoms with Gasteiger partial charge in [-0.2, -0.15) is 0 Å². The van der Waals surface area contributed by atoms with Gasteiger partial charge in [-0.15, -0.1) is 0 Å². The van der Waals surface area contributed by atoms with Crippen molar-refractivity contribution in [3.63, 3.8) is 0 Å². The number of carbonyl (C=O) groups is 3. The SMILES string of the molecule is CN(CC(=O)NNC(=O)CC12CC3CC(CC(C3)C1)C2)C(=O)c1ccccc1. The van der Waals surface area contributed by atoms with Gasteiger partial charge in [0.05, 0.1) is 0 Å². The largest absolute Gasteiger partial charge is 0.332 e. The zero-order valence-electron chi connectivity index (χ0n) is 16.4. The first kappa shape index (κ1) is 19.0. The number of nitrogens with zero attached hydrogens (tertiary/aromatic N) is 1. The Bertz CT molecular complexity index is 726. The lowest BCUT2D eigenvalue weighted by Crippen LogP contribution is -2.51. The molecule has 0 unspecified atom stereocenters. The molecule has 4 fully saturated rings. The molecule has 0 aromatic heterocycles. The molecule has 0 radical (unpaired) electrons. The molecule has 28 heavy (non-hydrogen) atoms. The number of hydrogen-bond donors (Lipinski definition) is 2. The molecular weight excluding hydrogens is 354 g/mol. The molecule has 6 nitrogen and oxygen atoms in total. The van der Waals surface area contributed by atoms with Crippen LogP contribution < -0.4 is 10.9 Å². The van der Waals surface area contributed by atoms with Crippen LogP contribution >= 0.6 is 0 Å². The van der Waals surface area contributed by atoms with Gasteiger partial charge in [0.15, 0.2) is 0 Å². The number of likely N-dealkylation sites (N-methyl/N-ethyl adjacent to an activating group) is 1. The highest BCUT2D eigenvalue weighted by molar-refractivity contribution is 5.96. The van der Waals surface area contributed by atoms with E-state index in [1.54, 1.807) is 31.3 Å². The van der Waals surface area contributed by atoms with Crippen molar-refractivity contribution >= 4 is 17.7 Å². The number of nitrogens with one attached hydrogen (secondary N) is 2. The highest BCUT2D eigenvalue weighted by atomic mass is 16.2. The van der Waals surface area contributed by atoms with E-state index < -0.39 is 5.91 Å². The van der Waals surface area contributed by atoms with Crippen molar-refractivity contribution in [3.8, 4) is 0 Å². The van der Waals surface area contributed by atoms with E-state index in [0.29, 0.717) is 12.0 Å². The zero-order chi connectivity index (χ0) is 19.7. The number of hydrogen-bond acceptors (Lipinski definition) is 3. The molecule has 2 N–H and O–H groups in total. The Labute approximate surface area is 166 Å². The van der Waals surface area contributed by atoms with Gasteiger partial charge in [0.25, 0.3) is 11.8 Å². The topological polar surface area (TPSA) is 78.5 Å². The Balaban J connectivity index is 1.24. The normalized spacial score (nSPS) is 30.0. The average Bonchev–Trinajstić information content (AvgIpc) is 2.65. The molecule has 1 aromatic rings. The standard InChI is InChI=1S/C22H29N3O3/c1-25(21(28)18-5-3-2-4-6-18)14-20(27)24-23-19(26)13-22-10-15-7-16(11-22)9-17(8-15)12-22/h2-6,15-17H,7-14H2,1H3,(H,23,26)(H,24,27). The molecule has 0 heterocycles. The fourth-order valence-electron chi connectivity index (χ4n) is 6.16. The first-order valence-corrected chi connectivity index (χ1v) is 10.3. The Morgan fingerprint density at radius 2 is 1.46 bits per heavy atom. The van der Waals surface area contributed by atoms with Crippen LogP contribution in [0.4, 0.5) is 0 Å². The number of rotatable bonds is 5. The van der Waals surface area contributed by atoms with Crippen LogP contribution in [0.3, 0.4) is 0 Å². The van der Waals surface area contributed by atoms with E-state index in [4.69, 9.17) is 0 Å². The van der Waals surface area contributed by atoms with Crippen LogP contribution in [-0.4, -0.2) is 36.2 Å². The van der Waals surface area contributed by atoms with E-state index in [-0.39, 0.29) is 23.8 Å². The van der Waals surface area contributed by atoms with Crippen molar-refractivity contribution in [1.82, 2.24) is 15.8 Å². The minimum absolute atomic E-state index is 0.106. The maximum absolute atomic E-state index is 12.5. The molecule has 150 valence electrons. The van der Waals surface area contributed by atoms with Gasteiger partial charge in [0.2, 0.25) is 5.91 Å². The maximum Gasteiger partial charge on any atom is 0.257 e. The first-order chi connectivity index (χ1) is 13.4. The maximum atomic E-state index is 12.5. The molecule has 0 spiro atoms. The monoisotopic (exact) mass is 383 g/mol. The molecule has 3 amide bonds. The molecule has 4 bridgehead atoms. The quantitative estimate of drug-likeness (QED) is 0.767. The van der Waals surface area contributed by atoms with Crippen molar-refractivity contribution in [2.24, 2.45) is 23.2 Å². The summed E-state index contributed by atoms with van der Waals surface area (Å²) < 4.78 is 0. The fraction of sp³-hybridized carbons (Fsp3) is 0.591. The predicted octanol–water partition coefficient (Wildman–Crippen LogP) is 2.51.